The predicted octanol–water partition coefficient (Wildman–Crippen LogP) is 0.640. The number of nitrogens with one attached hydrogen (secondary N) is 1. The van der Waals surface area contributed by atoms with Gasteiger partial charge < -0.3 is 14.8 Å². The third kappa shape index (κ3) is 3.70. The van der Waals surface area contributed by atoms with Crippen LogP contribution in [0.4, 0.5) is 0 Å². The maximum Gasteiger partial charge on any atom is 0.328 e. The van der Waals surface area contributed by atoms with Gasteiger partial charge >= 0.3 is 5.97 Å². The highest BCUT2D eigenvalue weighted by Crippen LogP contribution is 2.14. The van der Waals surface area contributed by atoms with Gasteiger partial charge in [0.25, 0.3) is 0 Å². The fourth-order valence-corrected chi connectivity index (χ4v) is 2.41. The predicted molar refractivity (Wildman–Crippen MR) is 83.7 cm³/mol. The highest BCUT2D eigenvalue weighted by atomic mass is 16.5. The van der Waals surface area contributed by atoms with E-state index < -0.39 is 6.04 Å². The van der Waals surface area contributed by atoms with Crippen LogP contribution in [0.15, 0.2) is 30.5 Å². The van der Waals surface area contributed by atoms with Crippen molar-refractivity contribution < 1.29 is 19.1 Å². The highest BCUT2D eigenvalue weighted by Gasteiger charge is 2.27. The summed E-state index contributed by atoms with van der Waals surface area (Å²) in [5, 5.41) is 10.8. The number of amides is 1. The van der Waals surface area contributed by atoms with Crippen LogP contribution in [0.2, 0.25) is 0 Å². The van der Waals surface area contributed by atoms with Crippen molar-refractivity contribution in [1.29, 1.82) is 0 Å². The summed E-state index contributed by atoms with van der Waals surface area (Å²) in [5.41, 5.74) is 1.56. The number of aryl methyl sites for hydroxylation is 1. The molecule has 0 spiro atoms. The molecule has 1 fully saturated rings. The molecule has 0 unspecified atom stereocenters. The van der Waals surface area contributed by atoms with E-state index >= 15 is 0 Å². The van der Waals surface area contributed by atoms with Gasteiger partial charge in [-0.3, -0.25) is 4.79 Å². The van der Waals surface area contributed by atoms with E-state index in [9.17, 15) is 9.59 Å². The van der Waals surface area contributed by atoms with Gasteiger partial charge in [-0.15, -0.1) is 5.10 Å². The van der Waals surface area contributed by atoms with E-state index in [-0.39, 0.29) is 18.3 Å². The summed E-state index contributed by atoms with van der Waals surface area (Å²) in [4.78, 5) is 23.2. The first-order valence-corrected chi connectivity index (χ1v) is 7.67. The molecule has 1 N–H and O–H groups in total. The first-order chi connectivity index (χ1) is 11.7. The first-order valence-electron chi connectivity index (χ1n) is 7.67. The number of carbonyl (C=O) groups excluding carboxylic acids is 2. The fourth-order valence-electron chi connectivity index (χ4n) is 2.41. The SMILES string of the molecule is COc1ccc(-n2cc(CCC(=O)N[C@H]3CCOC3=O)nn2)cc1. The lowest BCUT2D eigenvalue weighted by molar-refractivity contribution is -0.141. The molecule has 1 aromatic heterocycles. The molecule has 1 saturated heterocycles. The second-order valence-electron chi connectivity index (χ2n) is 5.43. The van der Waals surface area contributed by atoms with Gasteiger partial charge in [0.1, 0.15) is 11.8 Å². The van der Waals surface area contributed by atoms with Gasteiger partial charge in [0, 0.05) is 19.3 Å². The van der Waals surface area contributed by atoms with Crippen molar-refractivity contribution >= 4 is 11.9 Å². The molecule has 2 heterocycles. The molecule has 126 valence electrons. The number of carbonyl (C=O) groups is 2. The standard InChI is InChI=1S/C16H18N4O4/c1-23-13-5-3-12(4-6-13)20-10-11(18-19-20)2-7-15(21)17-14-8-9-24-16(14)22/h3-6,10,14H,2,7-9H2,1H3,(H,17,21)/t14-/m0/s1. The van der Waals surface area contributed by atoms with Crippen LogP contribution < -0.4 is 10.1 Å². The van der Waals surface area contributed by atoms with E-state index in [2.05, 4.69) is 15.6 Å². The summed E-state index contributed by atoms with van der Waals surface area (Å²) in [7, 11) is 1.61. The van der Waals surface area contributed by atoms with Gasteiger partial charge in [0.15, 0.2) is 0 Å². The third-order valence-corrected chi connectivity index (χ3v) is 3.76. The molecule has 1 amide bonds. The molecule has 1 atom stereocenters. The van der Waals surface area contributed by atoms with Crippen molar-refractivity contribution in [2.24, 2.45) is 0 Å². The van der Waals surface area contributed by atoms with Crippen LogP contribution in [-0.2, 0) is 20.7 Å². The summed E-state index contributed by atoms with van der Waals surface area (Å²) in [6.45, 7) is 0.361. The van der Waals surface area contributed by atoms with E-state index in [4.69, 9.17) is 9.47 Å². The minimum absolute atomic E-state index is 0.196. The molecule has 8 heteroatoms. The number of esters is 1. The summed E-state index contributed by atoms with van der Waals surface area (Å²) >= 11 is 0. The lowest BCUT2D eigenvalue weighted by atomic mass is 10.2. The summed E-state index contributed by atoms with van der Waals surface area (Å²) in [5.74, 6) is 0.202. The van der Waals surface area contributed by atoms with Crippen LogP contribution in [-0.4, -0.2) is 46.6 Å². The molecule has 0 aliphatic carbocycles. The minimum atomic E-state index is -0.521. The van der Waals surface area contributed by atoms with E-state index in [1.165, 1.54) is 0 Å². The third-order valence-electron chi connectivity index (χ3n) is 3.76. The van der Waals surface area contributed by atoms with Crippen molar-refractivity contribution in [2.75, 3.05) is 13.7 Å². The second-order valence-corrected chi connectivity index (χ2v) is 5.43. The van der Waals surface area contributed by atoms with Crippen LogP contribution in [0, 0.1) is 0 Å². The van der Waals surface area contributed by atoms with Gasteiger partial charge in [-0.2, -0.15) is 0 Å². The minimum Gasteiger partial charge on any atom is -0.497 e. The Labute approximate surface area is 138 Å². The Morgan fingerprint density at radius 2 is 2.21 bits per heavy atom. The molecule has 1 aromatic carbocycles. The van der Waals surface area contributed by atoms with Crippen molar-refractivity contribution in [1.82, 2.24) is 20.3 Å². The summed E-state index contributed by atoms with van der Waals surface area (Å²) in [6.07, 6.45) is 2.99. The van der Waals surface area contributed by atoms with Crippen molar-refractivity contribution in [3.63, 3.8) is 0 Å². The molecule has 8 nitrogen and oxygen atoms in total. The average molecular weight is 330 g/mol. The normalized spacial score (nSPS) is 16.7. The van der Waals surface area contributed by atoms with Crippen molar-refractivity contribution in [2.45, 2.75) is 25.3 Å². The van der Waals surface area contributed by atoms with Crippen molar-refractivity contribution in [3.8, 4) is 11.4 Å². The van der Waals surface area contributed by atoms with Gasteiger partial charge in [-0.1, -0.05) is 5.21 Å². The molecule has 24 heavy (non-hydrogen) atoms. The van der Waals surface area contributed by atoms with Crippen molar-refractivity contribution in [3.05, 3.63) is 36.2 Å². The highest BCUT2D eigenvalue weighted by molar-refractivity contribution is 5.85. The maximum absolute atomic E-state index is 11.9. The number of aromatic nitrogens is 3. The molecule has 2 aromatic rings. The first kappa shape index (κ1) is 16.0. The number of cyclic esters (lactones) is 1. The number of nitrogens with zero attached hydrogens (tertiary/aromatic N) is 3. The molecule has 0 saturated carbocycles. The number of benzene rings is 1. The Bertz CT molecular complexity index is 726. The van der Waals surface area contributed by atoms with Crippen LogP contribution >= 0.6 is 0 Å². The van der Waals surface area contributed by atoms with Gasteiger partial charge in [-0.25, -0.2) is 9.48 Å². The molecule has 0 bridgehead atoms. The summed E-state index contributed by atoms with van der Waals surface area (Å²) in [6, 6.07) is 6.90. The lowest BCUT2D eigenvalue weighted by Crippen LogP contribution is -2.38. The zero-order valence-electron chi connectivity index (χ0n) is 13.3. The maximum atomic E-state index is 11.9. The Morgan fingerprint density at radius 3 is 2.88 bits per heavy atom. The molecule has 3 rings (SSSR count). The molecular weight excluding hydrogens is 312 g/mol. The molecule has 1 aliphatic heterocycles. The smallest absolute Gasteiger partial charge is 0.328 e. The van der Waals surface area contributed by atoms with Crippen LogP contribution in [0.5, 0.6) is 5.75 Å². The van der Waals surface area contributed by atoms with E-state index in [1.807, 2.05) is 24.3 Å². The number of ether oxygens (including phenoxy) is 2. The topological polar surface area (TPSA) is 95.3 Å². The zero-order chi connectivity index (χ0) is 16.9. The van der Waals surface area contributed by atoms with E-state index in [1.54, 1.807) is 18.0 Å². The molecular formula is C16H18N4O4. The van der Waals surface area contributed by atoms with Gasteiger partial charge in [-0.05, 0) is 24.3 Å². The number of rotatable bonds is 6. The number of hydrogen-bond acceptors (Lipinski definition) is 6. The second kappa shape index (κ2) is 7.12. The molecule has 0 radical (unpaired) electrons. The quantitative estimate of drug-likeness (QED) is 0.781. The fraction of sp³-hybridized carbons (Fsp3) is 0.375. The van der Waals surface area contributed by atoms with E-state index in [0.717, 1.165) is 11.4 Å². The van der Waals surface area contributed by atoms with Crippen LogP contribution in [0.1, 0.15) is 18.5 Å². The largest absolute Gasteiger partial charge is 0.497 e. The Morgan fingerprint density at radius 1 is 1.42 bits per heavy atom. The average Bonchev–Trinajstić information content (AvgIpc) is 3.23. The monoisotopic (exact) mass is 330 g/mol. The van der Waals surface area contributed by atoms with Gasteiger partial charge in [0.05, 0.1) is 31.3 Å². The van der Waals surface area contributed by atoms with Crippen LogP contribution in [0.25, 0.3) is 5.69 Å². The number of hydrogen-bond donors (Lipinski definition) is 1. The molecule has 1 aliphatic rings. The lowest BCUT2D eigenvalue weighted by Gasteiger charge is -2.07. The van der Waals surface area contributed by atoms with Crippen LogP contribution in [0.3, 0.4) is 0 Å². The Hall–Kier alpha value is -2.90. The van der Waals surface area contributed by atoms with Gasteiger partial charge in [0.2, 0.25) is 5.91 Å². The Balaban J connectivity index is 1.53. The van der Waals surface area contributed by atoms with E-state index in [0.29, 0.717) is 25.1 Å². The summed E-state index contributed by atoms with van der Waals surface area (Å²) < 4.78 is 11.6. The number of methoxy groups -OCH3 is 1. The Kier molecular flexibility index (Phi) is 4.74. The zero-order valence-corrected chi connectivity index (χ0v) is 13.3.